The van der Waals surface area contributed by atoms with Gasteiger partial charge in [0.15, 0.2) is 0 Å². The smallest absolute Gasteiger partial charge is 0.243 e. The van der Waals surface area contributed by atoms with E-state index in [4.69, 9.17) is 10.5 Å². The molecule has 3 rings (SSSR count). The van der Waals surface area contributed by atoms with Gasteiger partial charge in [-0.2, -0.15) is 4.31 Å². The number of rotatable bonds is 7. The molecule has 1 saturated heterocycles. The van der Waals surface area contributed by atoms with Crippen LogP contribution in [0.4, 0.5) is 4.39 Å². The van der Waals surface area contributed by atoms with Crippen molar-refractivity contribution in [3.05, 3.63) is 60.4 Å². The Hall–Kier alpha value is -2.45. The minimum absolute atomic E-state index is 0.0211. The normalized spacial score (nSPS) is 20.6. The third kappa shape index (κ3) is 4.69. The summed E-state index contributed by atoms with van der Waals surface area (Å²) in [6, 6.07) is 13.9. The van der Waals surface area contributed by atoms with Gasteiger partial charge in [0.1, 0.15) is 11.6 Å². The molecule has 150 valence electrons. The van der Waals surface area contributed by atoms with Crippen molar-refractivity contribution in [2.75, 3.05) is 19.7 Å². The molecule has 1 heterocycles. The van der Waals surface area contributed by atoms with Crippen LogP contribution in [0.15, 0.2) is 59.5 Å². The summed E-state index contributed by atoms with van der Waals surface area (Å²) >= 11 is 0. The highest BCUT2D eigenvalue weighted by atomic mass is 32.2. The van der Waals surface area contributed by atoms with Crippen LogP contribution in [-0.2, 0) is 14.8 Å². The second kappa shape index (κ2) is 8.28. The molecule has 2 aromatic carbocycles. The second-order valence-electron chi connectivity index (χ2n) is 7.14. The number of carbonyl (C=O) groups is 1. The molecule has 2 aromatic rings. The van der Waals surface area contributed by atoms with Crippen molar-refractivity contribution >= 4 is 15.9 Å². The van der Waals surface area contributed by atoms with E-state index in [2.05, 4.69) is 0 Å². The van der Waals surface area contributed by atoms with Crippen molar-refractivity contribution in [3.63, 3.8) is 0 Å². The summed E-state index contributed by atoms with van der Waals surface area (Å²) in [6.45, 7) is 0.615. The Labute approximate surface area is 164 Å². The van der Waals surface area contributed by atoms with Crippen molar-refractivity contribution in [3.8, 4) is 5.75 Å². The van der Waals surface area contributed by atoms with Gasteiger partial charge in [-0.05, 0) is 49.2 Å². The number of nitrogens with zero attached hydrogens (tertiary/aromatic N) is 1. The summed E-state index contributed by atoms with van der Waals surface area (Å²) in [5, 5.41) is 0. The zero-order valence-corrected chi connectivity index (χ0v) is 16.2. The van der Waals surface area contributed by atoms with Gasteiger partial charge in [-0.15, -0.1) is 0 Å². The van der Waals surface area contributed by atoms with E-state index in [1.54, 1.807) is 12.1 Å². The minimum Gasteiger partial charge on any atom is -0.493 e. The van der Waals surface area contributed by atoms with Crippen LogP contribution in [0.1, 0.15) is 19.3 Å². The van der Waals surface area contributed by atoms with Crippen molar-refractivity contribution in [2.45, 2.75) is 24.2 Å². The van der Waals surface area contributed by atoms with Gasteiger partial charge in [0.05, 0.1) is 11.5 Å². The van der Waals surface area contributed by atoms with Crippen molar-refractivity contribution in [1.29, 1.82) is 0 Å². The standard InChI is InChI=1S/C20H23FN2O4S/c21-16-7-9-18(10-8-16)28(25,26)23-12-4-11-20(14-23,13-19(22)24)15-27-17-5-2-1-3-6-17/h1-3,5-10H,4,11-15H2,(H2,22,24)/t20-/m0/s1. The molecule has 6 nitrogen and oxygen atoms in total. The van der Waals surface area contributed by atoms with Crippen LogP contribution in [0.2, 0.25) is 0 Å². The molecule has 0 saturated carbocycles. The highest BCUT2D eigenvalue weighted by Crippen LogP contribution is 2.36. The number of halogens is 1. The van der Waals surface area contributed by atoms with E-state index >= 15 is 0 Å². The number of piperidine rings is 1. The molecule has 1 aliphatic rings. The first-order valence-corrected chi connectivity index (χ1v) is 10.5. The molecule has 0 aliphatic carbocycles. The molecule has 0 unspecified atom stereocenters. The van der Waals surface area contributed by atoms with Gasteiger partial charge >= 0.3 is 0 Å². The van der Waals surface area contributed by atoms with E-state index in [9.17, 15) is 17.6 Å². The Bertz CT molecular complexity index is 919. The molecule has 0 aromatic heterocycles. The average Bonchev–Trinajstić information content (AvgIpc) is 2.67. The zero-order chi connectivity index (χ0) is 20.2. The zero-order valence-electron chi connectivity index (χ0n) is 15.4. The molecular weight excluding hydrogens is 383 g/mol. The fraction of sp³-hybridized carbons (Fsp3) is 0.350. The number of primary amides is 1. The lowest BCUT2D eigenvalue weighted by Gasteiger charge is -2.41. The molecule has 8 heteroatoms. The first-order chi connectivity index (χ1) is 13.3. The van der Waals surface area contributed by atoms with Gasteiger partial charge in [-0.1, -0.05) is 18.2 Å². The van der Waals surface area contributed by atoms with Gasteiger partial charge in [0.25, 0.3) is 0 Å². The van der Waals surface area contributed by atoms with Crippen LogP contribution in [0.3, 0.4) is 0 Å². The van der Waals surface area contributed by atoms with E-state index in [0.29, 0.717) is 25.1 Å². The van der Waals surface area contributed by atoms with Crippen molar-refractivity contribution < 1.29 is 22.3 Å². The Morgan fingerprint density at radius 1 is 1.14 bits per heavy atom. The average molecular weight is 406 g/mol. The number of ether oxygens (including phenoxy) is 1. The fourth-order valence-electron chi connectivity index (χ4n) is 3.56. The highest BCUT2D eigenvalue weighted by molar-refractivity contribution is 7.89. The quantitative estimate of drug-likeness (QED) is 0.765. The maximum Gasteiger partial charge on any atom is 0.243 e. The fourth-order valence-corrected chi connectivity index (χ4v) is 5.15. The minimum atomic E-state index is -3.81. The van der Waals surface area contributed by atoms with Crippen LogP contribution in [0.5, 0.6) is 5.75 Å². The maximum atomic E-state index is 13.2. The predicted octanol–water partition coefficient (Wildman–Crippen LogP) is 2.55. The van der Waals surface area contributed by atoms with Crippen LogP contribution in [-0.4, -0.2) is 38.3 Å². The Morgan fingerprint density at radius 2 is 1.82 bits per heavy atom. The van der Waals surface area contributed by atoms with E-state index < -0.39 is 27.2 Å². The summed E-state index contributed by atoms with van der Waals surface area (Å²) in [5.74, 6) is -0.362. The first-order valence-electron chi connectivity index (χ1n) is 9.03. The van der Waals surface area contributed by atoms with E-state index in [0.717, 1.165) is 12.1 Å². The number of nitrogens with two attached hydrogens (primary N) is 1. The highest BCUT2D eigenvalue weighted by Gasteiger charge is 2.42. The molecule has 1 amide bonds. The third-order valence-electron chi connectivity index (χ3n) is 4.92. The molecule has 28 heavy (non-hydrogen) atoms. The molecule has 1 fully saturated rings. The second-order valence-corrected chi connectivity index (χ2v) is 9.08. The lowest BCUT2D eigenvalue weighted by atomic mass is 9.78. The number of hydrogen-bond acceptors (Lipinski definition) is 4. The molecule has 1 atom stereocenters. The molecule has 0 spiro atoms. The van der Waals surface area contributed by atoms with Gasteiger partial charge in [0, 0.05) is 24.9 Å². The first kappa shape index (κ1) is 20.3. The molecule has 1 aliphatic heterocycles. The van der Waals surface area contributed by atoms with E-state index in [1.807, 2.05) is 18.2 Å². The third-order valence-corrected chi connectivity index (χ3v) is 6.77. The van der Waals surface area contributed by atoms with Crippen LogP contribution in [0.25, 0.3) is 0 Å². The lowest BCUT2D eigenvalue weighted by Crippen LogP contribution is -2.50. The summed E-state index contributed by atoms with van der Waals surface area (Å²) in [6.07, 6.45) is 1.22. The molecule has 2 N–H and O–H groups in total. The van der Waals surface area contributed by atoms with Gasteiger partial charge in [-0.3, -0.25) is 4.79 Å². The summed E-state index contributed by atoms with van der Waals surface area (Å²) in [4.78, 5) is 11.7. The summed E-state index contributed by atoms with van der Waals surface area (Å²) < 4.78 is 46.3. The van der Waals surface area contributed by atoms with Crippen LogP contribution >= 0.6 is 0 Å². The molecule has 0 bridgehead atoms. The van der Waals surface area contributed by atoms with Crippen molar-refractivity contribution in [2.24, 2.45) is 11.1 Å². The van der Waals surface area contributed by atoms with Crippen LogP contribution in [0, 0.1) is 11.2 Å². The summed E-state index contributed by atoms with van der Waals surface area (Å²) in [7, 11) is -3.81. The molecule has 0 radical (unpaired) electrons. The number of benzene rings is 2. The lowest BCUT2D eigenvalue weighted by molar-refractivity contribution is -0.121. The molecular formula is C20H23FN2O4S. The number of carbonyl (C=O) groups excluding carboxylic acids is 1. The van der Waals surface area contributed by atoms with E-state index in [-0.39, 0.29) is 24.5 Å². The van der Waals surface area contributed by atoms with E-state index in [1.165, 1.54) is 16.4 Å². The Kier molecular flexibility index (Phi) is 6.00. The number of sulfonamides is 1. The van der Waals surface area contributed by atoms with Crippen LogP contribution < -0.4 is 10.5 Å². The number of amides is 1. The number of para-hydroxylation sites is 1. The Morgan fingerprint density at radius 3 is 2.46 bits per heavy atom. The Balaban J connectivity index is 1.83. The topological polar surface area (TPSA) is 89.7 Å². The van der Waals surface area contributed by atoms with Gasteiger partial charge in [-0.25, -0.2) is 12.8 Å². The van der Waals surface area contributed by atoms with Gasteiger partial charge < -0.3 is 10.5 Å². The van der Waals surface area contributed by atoms with Gasteiger partial charge in [0.2, 0.25) is 15.9 Å². The predicted molar refractivity (Wildman–Crippen MR) is 103 cm³/mol. The summed E-state index contributed by atoms with van der Waals surface area (Å²) in [5.41, 5.74) is 4.74. The van der Waals surface area contributed by atoms with Crippen molar-refractivity contribution in [1.82, 2.24) is 4.31 Å². The SMILES string of the molecule is NC(=O)C[C@@]1(COc2ccccc2)CCCN(S(=O)(=O)c2ccc(F)cc2)C1. The number of hydrogen-bond donors (Lipinski definition) is 1. The monoisotopic (exact) mass is 406 g/mol. The largest absolute Gasteiger partial charge is 0.493 e. The maximum absolute atomic E-state index is 13.2.